The maximum absolute atomic E-state index is 13.7. The summed E-state index contributed by atoms with van der Waals surface area (Å²) in [6.07, 6.45) is 1.92. The molecular formula is C14H21F2N. The fraction of sp³-hybridized carbons (Fsp3) is 0.571. The molecule has 96 valence electrons. The average Bonchev–Trinajstić information content (AvgIpc) is 2.24. The summed E-state index contributed by atoms with van der Waals surface area (Å²) >= 11 is 0. The van der Waals surface area contributed by atoms with E-state index < -0.39 is 11.6 Å². The van der Waals surface area contributed by atoms with Gasteiger partial charge in [-0.1, -0.05) is 26.8 Å². The molecule has 1 nitrogen and oxygen atoms in total. The Bertz CT molecular complexity index is 361. The third-order valence-corrected chi connectivity index (χ3v) is 3.01. The van der Waals surface area contributed by atoms with Crippen molar-refractivity contribution in [2.75, 3.05) is 13.1 Å². The molecule has 0 spiro atoms. The standard InChI is InChI=1S/C14H21F2N/c1-4-8-17-9-7-14(2,3)12-6-5-11(15)10-13(12)16/h5-6,10,17H,4,7-9H2,1-3H3. The van der Waals surface area contributed by atoms with Gasteiger partial charge in [0.25, 0.3) is 0 Å². The van der Waals surface area contributed by atoms with E-state index in [0.29, 0.717) is 5.56 Å². The minimum absolute atomic E-state index is 0.279. The summed E-state index contributed by atoms with van der Waals surface area (Å²) in [5.41, 5.74) is 0.301. The second kappa shape index (κ2) is 6.10. The first-order valence-corrected chi connectivity index (χ1v) is 6.13. The minimum Gasteiger partial charge on any atom is -0.317 e. The van der Waals surface area contributed by atoms with Crippen molar-refractivity contribution in [1.29, 1.82) is 0 Å². The Morgan fingerprint density at radius 3 is 2.47 bits per heavy atom. The molecule has 0 saturated carbocycles. The first-order valence-electron chi connectivity index (χ1n) is 6.13. The van der Waals surface area contributed by atoms with E-state index in [1.165, 1.54) is 6.07 Å². The summed E-state index contributed by atoms with van der Waals surface area (Å²) in [6, 6.07) is 3.82. The maximum atomic E-state index is 13.7. The number of nitrogens with one attached hydrogen (secondary N) is 1. The first-order chi connectivity index (χ1) is 7.97. The molecule has 0 aliphatic rings. The fourth-order valence-corrected chi connectivity index (χ4v) is 1.88. The van der Waals surface area contributed by atoms with Crippen LogP contribution in [0.15, 0.2) is 18.2 Å². The van der Waals surface area contributed by atoms with Crippen LogP contribution < -0.4 is 5.32 Å². The van der Waals surface area contributed by atoms with Crippen LogP contribution >= 0.6 is 0 Å². The number of halogens is 2. The SMILES string of the molecule is CCCNCCC(C)(C)c1ccc(F)cc1F. The molecule has 0 heterocycles. The van der Waals surface area contributed by atoms with Crippen molar-refractivity contribution >= 4 is 0 Å². The van der Waals surface area contributed by atoms with Crippen LogP contribution in [-0.2, 0) is 5.41 Å². The Kier molecular flexibility index (Phi) is 5.06. The van der Waals surface area contributed by atoms with Gasteiger partial charge in [-0.25, -0.2) is 8.78 Å². The summed E-state index contributed by atoms with van der Waals surface area (Å²) in [5, 5.41) is 3.30. The van der Waals surface area contributed by atoms with E-state index in [4.69, 9.17) is 0 Å². The molecule has 0 aliphatic heterocycles. The molecule has 0 bridgehead atoms. The zero-order chi connectivity index (χ0) is 12.9. The fourth-order valence-electron chi connectivity index (χ4n) is 1.88. The lowest BCUT2D eigenvalue weighted by molar-refractivity contribution is 0.431. The summed E-state index contributed by atoms with van der Waals surface area (Å²) in [5.74, 6) is -0.975. The predicted molar refractivity (Wildman–Crippen MR) is 67.2 cm³/mol. The van der Waals surface area contributed by atoms with E-state index in [1.807, 2.05) is 13.8 Å². The highest BCUT2D eigenvalue weighted by Crippen LogP contribution is 2.29. The molecule has 0 amide bonds. The lowest BCUT2D eigenvalue weighted by atomic mass is 9.81. The van der Waals surface area contributed by atoms with E-state index >= 15 is 0 Å². The molecular weight excluding hydrogens is 220 g/mol. The number of benzene rings is 1. The van der Waals surface area contributed by atoms with Gasteiger partial charge < -0.3 is 5.32 Å². The molecule has 1 aromatic carbocycles. The number of hydrogen-bond acceptors (Lipinski definition) is 1. The van der Waals surface area contributed by atoms with Crippen molar-refractivity contribution in [3.05, 3.63) is 35.4 Å². The van der Waals surface area contributed by atoms with Crippen LogP contribution in [0.3, 0.4) is 0 Å². The van der Waals surface area contributed by atoms with Crippen molar-refractivity contribution in [3.63, 3.8) is 0 Å². The van der Waals surface area contributed by atoms with Gasteiger partial charge in [-0.15, -0.1) is 0 Å². The smallest absolute Gasteiger partial charge is 0.129 e. The van der Waals surface area contributed by atoms with Crippen molar-refractivity contribution in [3.8, 4) is 0 Å². The largest absolute Gasteiger partial charge is 0.317 e. The summed E-state index contributed by atoms with van der Waals surface area (Å²) in [4.78, 5) is 0. The van der Waals surface area contributed by atoms with Crippen LogP contribution in [-0.4, -0.2) is 13.1 Å². The molecule has 0 atom stereocenters. The van der Waals surface area contributed by atoms with Gasteiger partial charge in [0.2, 0.25) is 0 Å². The lowest BCUT2D eigenvalue weighted by Crippen LogP contribution is -2.26. The van der Waals surface area contributed by atoms with Crippen LogP contribution in [0.25, 0.3) is 0 Å². The molecule has 17 heavy (non-hydrogen) atoms. The number of hydrogen-bond donors (Lipinski definition) is 1. The van der Waals surface area contributed by atoms with Crippen molar-refractivity contribution in [1.82, 2.24) is 5.32 Å². The van der Waals surface area contributed by atoms with Gasteiger partial charge in [0.1, 0.15) is 11.6 Å². The summed E-state index contributed by atoms with van der Waals surface area (Å²) < 4.78 is 26.5. The Morgan fingerprint density at radius 1 is 1.18 bits per heavy atom. The average molecular weight is 241 g/mol. The summed E-state index contributed by atoms with van der Waals surface area (Å²) in [7, 11) is 0. The Hall–Kier alpha value is -0.960. The van der Waals surface area contributed by atoms with Gasteiger partial charge in [0.05, 0.1) is 0 Å². The van der Waals surface area contributed by atoms with Crippen LogP contribution in [0.1, 0.15) is 39.2 Å². The Balaban J connectivity index is 2.68. The number of rotatable bonds is 6. The molecule has 0 unspecified atom stereocenters. The van der Waals surface area contributed by atoms with Crippen LogP contribution in [0.5, 0.6) is 0 Å². The molecule has 0 saturated heterocycles. The van der Waals surface area contributed by atoms with Gasteiger partial charge in [-0.2, -0.15) is 0 Å². The normalized spacial score (nSPS) is 11.8. The highest BCUT2D eigenvalue weighted by Gasteiger charge is 2.23. The first kappa shape index (κ1) is 14.1. The van der Waals surface area contributed by atoms with Crippen molar-refractivity contribution < 1.29 is 8.78 Å². The van der Waals surface area contributed by atoms with Gasteiger partial charge in [-0.3, -0.25) is 0 Å². The van der Waals surface area contributed by atoms with E-state index in [2.05, 4.69) is 12.2 Å². The molecule has 1 N–H and O–H groups in total. The third kappa shape index (κ3) is 4.08. The Labute approximate surface area is 102 Å². The van der Waals surface area contributed by atoms with Crippen LogP contribution in [0.4, 0.5) is 8.78 Å². The molecule has 1 aromatic rings. The molecule has 0 fully saturated rings. The van der Waals surface area contributed by atoms with Gasteiger partial charge in [0.15, 0.2) is 0 Å². The molecule has 1 rings (SSSR count). The van der Waals surface area contributed by atoms with Crippen molar-refractivity contribution in [2.24, 2.45) is 0 Å². The van der Waals surface area contributed by atoms with E-state index in [0.717, 1.165) is 32.0 Å². The van der Waals surface area contributed by atoms with Crippen LogP contribution in [0, 0.1) is 11.6 Å². The predicted octanol–water partition coefficient (Wildman–Crippen LogP) is 3.63. The van der Waals surface area contributed by atoms with Gasteiger partial charge in [-0.05, 0) is 43.0 Å². The second-order valence-corrected chi connectivity index (χ2v) is 5.01. The Morgan fingerprint density at radius 2 is 1.88 bits per heavy atom. The lowest BCUT2D eigenvalue weighted by Gasteiger charge is -2.26. The van der Waals surface area contributed by atoms with Crippen molar-refractivity contribution in [2.45, 2.75) is 39.0 Å². The highest BCUT2D eigenvalue weighted by molar-refractivity contribution is 5.26. The monoisotopic (exact) mass is 241 g/mol. The summed E-state index contributed by atoms with van der Waals surface area (Å²) in [6.45, 7) is 7.89. The molecule has 0 radical (unpaired) electrons. The topological polar surface area (TPSA) is 12.0 Å². The zero-order valence-corrected chi connectivity index (χ0v) is 10.8. The molecule has 0 aromatic heterocycles. The highest BCUT2D eigenvalue weighted by atomic mass is 19.1. The minimum atomic E-state index is -0.522. The zero-order valence-electron chi connectivity index (χ0n) is 10.8. The van der Waals surface area contributed by atoms with Gasteiger partial charge in [0, 0.05) is 6.07 Å². The molecule has 0 aliphatic carbocycles. The second-order valence-electron chi connectivity index (χ2n) is 5.01. The van der Waals surface area contributed by atoms with Gasteiger partial charge >= 0.3 is 0 Å². The van der Waals surface area contributed by atoms with Crippen LogP contribution in [0.2, 0.25) is 0 Å². The van der Waals surface area contributed by atoms with E-state index in [-0.39, 0.29) is 5.41 Å². The van der Waals surface area contributed by atoms with E-state index in [9.17, 15) is 8.78 Å². The van der Waals surface area contributed by atoms with E-state index in [1.54, 1.807) is 6.07 Å². The molecule has 3 heteroatoms. The maximum Gasteiger partial charge on any atom is 0.129 e. The third-order valence-electron chi connectivity index (χ3n) is 3.01. The quantitative estimate of drug-likeness (QED) is 0.750.